The third kappa shape index (κ3) is 3.04. The predicted molar refractivity (Wildman–Crippen MR) is 75.1 cm³/mol. The number of rotatable bonds is 4. The van der Waals surface area contributed by atoms with Gasteiger partial charge < -0.3 is 20.5 Å². The van der Waals surface area contributed by atoms with Crippen LogP contribution in [-0.4, -0.2) is 16.7 Å². The fourth-order valence-corrected chi connectivity index (χ4v) is 1.92. The second kappa shape index (κ2) is 5.43. The van der Waals surface area contributed by atoms with Crippen LogP contribution in [0.4, 0.5) is 0 Å². The van der Waals surface area contributed by atoms with Crippen LogP contribution in [0.2, 0.25) is 0 Å². The first kappa shape index (κ1) is 12.9. The average molecular weight is 259 g/mol. The molecule has 0 bridgehead atoms. The minimum Gasteiger partial charge on any atom is -0.467 e. The van der Waals surface area contributed by atoms with Crippen molar-refractivity contribution >= 4 is 12.2 Å². The third-order valence-corrected chi connectivity index (χ3v) is 2.88. The van der Waals surface area contributed by atoms with Crippen molar-refractivity contribution in [1.29, 1.82) is 0 Å². The summed E-state index contributed by atoms with van der Waals surface area (Å²) in [6.45, 7) is 4.75. The van der Waals surface area contributed by atoms with E-state index in [1.165, 1.54) is 0 Å². The molecule has 100 valence electrons. The van der Waals surface area contributed by atoms with Crippen molar-refractivity contribution in [3.05, 3.63) is 47.2 Å². The van der Waals surface area contributed by atoms with Crippen molar-refractivity contribution in [2.24, 2.45) is 21.7 Å². The summed E-state index contributed by atoms with van der Waals surface area (Å²) in [6, 6.07) is 5.86. The number of hydrogen-bond acceptors (Lipinski definition) is 3. The molecule has 2 aromatic heterocycles. The molecule has 0 aromatic carbocycles. The predicted octanol–water partition coefficient (Wildman–Crippen LogP) is 1.35. The summed E-state index contributed by atoms with van der Waals surface area (Å²) in [5, 5.41) is 7.42. The summed E-state index contributed by atoms with van der Waals surface area (Å²) in [7, 11) is 0. The Kier molecular flexibility index (Phi) is 3.70. The van der Waals surface area contributed by atoms with E-state index in [0.29, 0.717) is 6.54 Å². The first-order valence-electron chi connectivity index (χ1n) is 5.89. The van der Waals surface area contributed by atoms with E-state index in [0.717, 1.165) is 22.7 Å². The molecule has 2 rings (SSSR count). The van der Waals surface area contributed by atoms with Gasteiger partial charge in [0.1, 0.15) is 5.76 Å². The van der Waals surface area contributed by atoms with Crippen LogP contribution in [0.5, 0.6) is 0 Å². The second-order valence-electron chi connectivity index (χ2n) is 4.26. The quantitative estimate of drug-likeness (QED) is 0.493. The van der Waals surface area contributed by atoms with Crippen LogP contribution in [0.25, 0.3) is 0 Å². The third-order valence-electron chi connectivity index (χ3n) is 2.88. The Balaban J connectivity index is 2.24. The molecule has 6 nitrogen and oxygen atoms in total. The maximum atomic E-state index is 5.36. The molecule has 6 heteroatoms. The Labute approximate surface area is 111 Å². The Morgan fingerprint density at radius 3 is 2.84 bits per heavy atom. The lowest BCUT2D eigenvalue weighted by molar-refractivity contribution is 0.489. The van der Waals surface area contributed by atoms with Crippen molar-refractivity contribution in [1.82, 2.24) is 4.57 Å². The Hall–Kier alpha value is -2.50. The largest absolute Gasteiger partial charge is 0.467 e. The maximum Gasteiger partial charge on any atom is 0.211 e. The van der Waals surface area contributed by atoms with Gasteiger partial charge in [0.2, 0.25) is 5.96 Å². The van der Waals surface area contributed by atoms with Gasteiger partial charge in [0.05, 0.1) is 19.0 Å². The maximum absolute atomic E-state index is 5.36. The van der Waals surface area contributed by atoms with Gasteiger partial charge in [-0.05, 0) is 32.0 Å². The number of nitrogens with zero attached hydrogens (tertiary/aromatic N) is 3. The van der Waals surface area contributed by atoms with E-state index in [2.05, 4.69) is 14.8 Å². The van der Waals surface area contributed by atoms with Crippen molar-refractivity contribution < 1.29 is 4.42 Å². The van der Waals surface area contributed by atoms with Gasteiger partial charge in [0, 0.05) is 17.0 Å². The van der Waals surface area contributed by atoms with Gasteiger partial charge in [-0.1, -0.05) is 0 Å². The van der Waals surface area contributed by atoms with Gasteiger partial charge in [0.15, 0.2) is 0 Å². The summed E-state index contributed by atoms with van der Waals surface area (Å²) in [5.41, 5.74) is 13.6. The molecular weight excluding hydrogens is 242 g/mol. The lowest BCUT2D eigenvalue weighted by Crippen LogP contribution is -2.21. The molecule has 0 aliphatic carbocycles. The molecule has 0 atom stereocenters. The fourth-order valence-electron chi connectivity index (χ4n) is 1.92. The van der Waals surface area contributed by atoms with Crippen molar-refractivity contribution in [3.8, 4) is 0 Å². The van der Waals surface area contributed by atoms with Crippen LogP contribution in [0.3, 0.4) is 0 Å². The molecule has 19 heavy (non-hydrogen) atoms. The monoisotopic (exact) mass is 259 g/mol. The number of guanidine groups is 1. The zero-order valence-corrected chi connectivity index (χ0v) is 11.0. The molecule has 2 heterocycles. The molecule has 0 amide bonds. The van der Waals surface area contributed by atoms with Gasteiger partial charge in [-0.15, -0.1) is 5.10 Å². The molecular formula is C13H17N5O. The minimum atomic E-state index is -0.0550. The Morgan fingerprint density at radius 1 is 1.42 bits per heavy atom. The van der Waals surface area contributed by atoms with E-state index >= 15 is 0 Å². The highest BCUT2D eigenvalue weighted by Crippen LogP contribution is 2.16. The van der Waals surface area contributed by atoms with E-state index in [-0.39, 0.29) is 5.96 Å². The molecule has 0 unspecified atom stereocenters. The first-order valence-corrected chi connectivity index (χ1v) is 5.89. The van der Waals surface area contributed by atoms with Crippen molar-refractivity contribution in [3.63, 3.8) is 0 Å². The fraction of sp³-hybridized carbons (Fsp3) is 0.231. The lowest BCUT2D eigenvalue weighted by Gasteiger charge is -2.06. The second-order valence-corrected chi connectivity index (χ2v) is 4.26. The number of aromatic nitrogens is 1. The zero-order valence-electron chi connectivity index (χ0n) is 11.0. The van der Waals surface area contributed by atoms with E-state index in [1.807, 2.05) is 32.0 Å². The van der Waals surface area contributed by atoms with Gasteiger partial charge in [-0.25, -0.2) is 0 Å². The number of nitrogens with two attached hydrogens (primary N) is 2. The van der Waals surface area contributed by atoms with Gasteiger partial charge in [0.25, 0.3) is 0 Å². The topological polar surface area (TPSA) is 94.8 Å². The SMILES string of the molecule is Cc1cc(/C=N/N=C(N)N)c(C)n1Cc1ccco1. The number of hydrogen-bond donors (Lipinski definition) is 2. The summed E-state index contributed by atoms with van der Waals surface area (Å²) in [6.07, 6.45) is 3.31. The molecule has 0 aliphatic rings. The van der Waals surface area contributed by atoms with Crippen LogP contribution in [0.1, 0.15) is 22.7 Å². The summed E-state index contributed by atoms with van der Waals surface area (Å²) < 4.78 is 7.51. The van der Waals surface area contributed by atoms with Gasteiger partial charge in [-0.3, -0.25) is 0 Å². The summed E-state index contributed by atoms with van der Waals surface area (Å²) in [4.78, 5) is 0. The molecule has 0 spiro atoms. The van der Waals surface area contributed by atoms with E-state index in [1.54, 1.807) is 12.5 Å². The lowest BCUT2D eigenvalue weighted by atomic mass is 10.3. The molecule has 0 saturated carbocycles. The molecule has 2 aromatic rings. The Morgan fingerprint density at radius 2 is 2.21 bits per heavy atom. The van der Waals surface area contributed by atoms with Gasteiger partial charge >= 0.3 is 0 Å². The molecule has 0 radical (unpaired) electrons. The highest BCUT2D eigenvalue weighted by molar-refractivity contribution is 5.83. The summed E-state index contributed by atoms with van der Waals surface area (Å²) in [5.74, 6) is 0.857. The molecule has 0 fully saturated rings. The first-order chi connectivity index (χ1) is 9.08. The smallest absolute Gasteiger partial charge is 0.211 e. The normalized spacial score (nSPS) is 11.1. The Bertz CT molecular complexity index is 603. The molecule has 0 saturated heterocycles. The van der Waals surface area contributed by atoms with Gasteiger partial charge in [-0.2, -0.15) is 5.10 Å². The van der Waals surface area contributed by atoms with Crippen LogP contribution in [0, 0.1) is 13.8 Å². The standard InChI is InChI=1S/C13H17N5O/c1-9-6-11(7-16-17-13(14)15)10(2)18(9)8-12-4-3-5-19-12/h3-7H,8H2,1-2H3,(H4,14,15,17)/b16-7+. The van der Waals surface area contributed by atoms with E-state index in [9.17, 15) is 0 Å². The molecule has 0 aliphatic heterocycles. The highest BCUT2D eigenvalue weighted by Gasteiger charge is 2.08. The minimum absolute atomic E-state index is 0.0550. The van der Waals surface area contributed by atoms with Crippen LogP contribution < -0.4 is 11.5 Å². The number of aryl methyl sites for hydroxylation is 1. The summed E-state index contributed by atoms with van der Waals surface area (Å²) >= 11 is 0. The van der Waals surface area contributed by atoms with Crippen molar-refractivity contribution in [2.45, 2.75) is 20.4 Å². The van der Waals surface area contributed by atoms with E-state index in [4.69, 9.17) is 15.9 Å². The highest BCUT2D eigenvalue weighted by atomic mass is 16.3. The average Bonchev–Trinajstić information content (AvgIpc) is 2.93. The number of furan rings is 1. The van der Waals surface area contributed by atoms with Crippen LogP contribution in [-0.2, 0) is 6.54 Å². The molecule has 4 N–H and O–H groups in total. The van der Waals surface area contributed by atoms with Crippen molar-refractivity contribution in [2.75, 3.05) is 0 Å². The van der Waals surface area contributed by atoms with E-state index < -0.39 is 0 Å². The zero-order chi connectivity index (χ0) is 13.8. The van der Waals surface area contributed by atoms with Crippen LogP contribution >= 0.6 is 0 Å². The van der Waals surface area contributed by atoms with Crippen LogP contribution in [0.15, 0.2) is 39.1 Å².